The van der Waals surface area contributed by atoms with Gasteiger partial charge in [0.15, 0.2) is 0 Å². The zero-order chi connectivity index (χ0) is 17.0. The van der Waals surface area contributed by atoms with E-state index in [1.54, 1.807) is 6.07 Å². The van der Waals surface area contributed by atoms with Gasteiger partial charge < -0.3 is 20.4 Å². The molecule has 0 spiro atoms. The molecule has 9 nitrogen and oxygen atoms in total. The van der Waals surface area contributed by atoms with Crippen molar-refractivity contribution in [1.29, 1.82) is 5.26 Å². The Bertz CT molecular complexity index is 228. The van der Waals surface area contributed by atoms with Crippen LogP contribution in [0.25, 0.3) is 0 Å². The fourth-order valence-corrected chi connectivity index (χ4v) is 0. The van der Waals surface area contributed by atoms with E-state index in [0.717, 1.165) is 27.7 Å². The average molecular weight is 281 g/mol. The maximum absolute atomic E-state index is 9.00. The number of carbonyl (C=O) groups is 4. The SMILES string of the molecule is CC#N.CC(=O)O.CC(=O)O.CC(=O)O.CC(=O)O. The largest absolute Gasteiger partial charge is 0.481 e. The summed E-state index contributed by atoms with van der Waals surface area (Å²) in [5.41, 5.74) is 0. The normalized spacial score (nSPS) is 5.68. The maximum atomic E-state index is 9.00. The van der Waals surface area contributed by atoms with Gasteiger partial charge in [-0.25, -0.2) is 0 Å². The average Bonchev–Trinajstić information content (AvgIpc) is 1.97. The van der Waals surface area contributed by atoms with Crippen LogP contribution in [-0.2, 0) is 19.2 Å². The summed E-state index contributed by atoms with van der Waals surface area (Å²) in [6.07, 6.45) is 0. The third-order valence-corrected chi connectivity index (χ3v) is 0. The first kappa shape index (κ1) is 29.9. The van der Waals surface area contributed by atoms with Crippen molar-refractivity contribution in [3.8, 4) is 6.07 Å². The molecule has 0 aromatic rings. The van der Waals surface area contributed by atoms with Gasteiger partial charge in [-0.3, -0.25) is 19.2 Å². The topological polar surface area (TPSA) is 173 Å². The summed E-state index contributed by atoms with van der Waals surface area (Å²) < 4.78 is 0. The first-order valence-corrected chi connectivity index (χ1v) is 4.43. The van der Waals surface area contributed by atoms with Crippen molar-refractivity contribution in [2.24, 2.45) is 0 Å². The predicted octanol–water partition coefficient (Wildman–Crippen LogP) is 0.893. The van der Waals surface area contributed by atoms with E-state index in [-0.39, 0.29) is 0 Å². The number of carboxylic acid groups (broad SMARTS) is 4. The van der Waals surface area contributed by atoms with Crippen molar-refractivity contribution in [2.45, 2.75) is 34.6 Å². The van der Waals surface area contributed by atoms with Crippen molar-refractivity contribution >= 4 is 23.9 Å². The van der Waals surface area contributed by atoms with Crippen LogP contribution in [0.4, 0.5) is 0 Å². The minimum atomic E-state index is -0.833. The summed E-state index contributed by atoms with van der Waals surface area (Å²) in [6, 6.07) is 1.75. The number of hydrogen-bond donors (Lipinski definition) is 4. The van der Waals surface area contributed by atoms with E-state index < -0.39 is 23.9 Å². The van der Waals surface area contributed by atoms with Crippen LogP contribution in [0.15, 0.2) is 0 Å². The Morgan fingerprint density at radius 2 is 0.684 bits per heavy atom. The molecule has 0 unspecified atom stereocenters. The van der Waals surface area contributed by atoms with Gasteiger partial charge >= 0.3 is 0 Å². The molecular formula is C10H19NO8. The Morgan fingerprint density at radius 3 is 0.684 bits per heavy atom. The van der Waals surface area contributed by atoms with Crippen LogP contribution < -0.4 is 0 Å². The van der Waals surface area contributed by atoms with Gasteiger partial charge in [0.2, 0.25) is 0 Å². The van der Waals surface area contributed by atoms with E-state index >= 15 is 0 Å². The maximum Gasteiger partial charge on any atom is 0.300 e. The molecule has 0 rings (SSSR count). The summed E-state index contributed by atoms with van der Waals surface area (Å²) >= 11 is 0. The minimum Gasteiger partial charge on any atom is -0.481 e. The van der Waals surface area contributed by atoms with Crippen LogP contribution in [0, 0.1) is 11.3 Å². The quantitative estimate of drug-likeness (QED) is 0.502. The number of nitrogens with zero attached hydrogens (tertiary/aromatic N) is 1. The number of aliphatic carboxylic acids is 4. The van der Waals surface area contributed by atoms with E-state index in [2.05, 4.69) is 0 Å². The standard InChI is InChI=1S/C2H3N.4C2H4O2/c1-2-3;4*1-2(3)4/h1H3;4*1H3,(H,3,4). The van der Waals surface area contributed by atoms with E-state index in [9.17, 15) is 0 Å². The molecule has 0 atom stereocenters. The van der Waals surface area contributed by atoms with E-state index in [1.807, 2.05) is 0 Å². The predicted molar refractivity (Wildman–Crippen MR) is 64.5 cm³/mol. The molecule has 0 bridgehead atoms. The monoisotopic (exact) mass is 281 g/mol. The highest BCUT2D eigenvalue weighted by Gasteiger charge is 1.66. The van der Waals surface area contributed by atoms with Gasteiger partial charge in [-0.15, -0.1) is 0 Å². The molecule has 19 heavy (non-hydrogen) atoms. The summed E-state index contributed by atoms with van der Waals surface area (Å²) in [5.74, 6) is -3.33. The number of nitriles is 1. The second-order valence-electron chi connectivity index (χ2n) is 2.30. The Balaban J connectivity index is -0.0000000432. The molecule has 9 heteroatoms. The molecule has 4 N–H and O–H groups in total. The Hall–Kier alpha value is -2.63. The molecule has 0 saturated heterocycles. The van der Waals surface area contributed by atoms with Crippen LogP contribution in [0.5, 0.6) is 0 Å². The van der Waals surface area contributed by atoms with Crippen molar-refractivity contribution in [3.05, 3.63) is 0 Å². The lowest BCUT2D eigenvalue weighted by atomic mass is 10.9. The summed E-state index contributed by atoms with van der Waals surface area (Å²) in [6.45, 7) is 5.76. The Morgan fingerprint density at radius 1 is 0.684 bits per heavy atom. The van der Waals surface area contributed by atoms with E-state index in [1.165, 1.54) is 6.92 Å². The van der Waals surface area contributed by atoms with Crippen molar-refractivity contribution in [3.63, 3.8) is 0 Å². The third kappa shape index (κ3) is 397. The molecule has 0 saturated carbocycles. The van der Waals surface area contributed by atoms with Crippen molar-refractivity contribution < 1.29 is 39.6 Å². The third-order valence-electron chi connectivity index (χ3n) is 0. The zero-order valence-corrected chi connectivity index (χ0v) is 11.4. The van der Waals surface area contributed by atoms with Gasteiger partial charge in [-0.1, -0.05) is 0 Å². The Labute approximate surface area is 110 Å². The number of hydrogen-bond acceptors (Lipinski definition) is 5. The Kier molecular flexibility index (Phi) is 46.5. The van der Waals surface area contributed by atoms with Crippen LogP contribution in [0.2, 0.25) is 0 Å². The molecule has 0 aliphatic rings. The second-order valence-corrected chi connectivity index (χ2v) is 2.30. The van der Waals surface area contributed by atoms with E-state index in [4.69, 9.17) is 44.9 Å². The van der Waals surface area contributed by atoms with Gasteiger partial charge in [-0.05, 0) is 0 Å². The van der Waals surface area contributed by atoms with Crippen LogP contribution in [0.3, 0.4) is 0 Å². The summed E-state index contributed by atoms with van der Waals surface area (Å²) in [5, 5.41) is 37.0. The van der Waals surface area contributed by atoms with Crippen molar-refractivity contribution in [1.82, 2.24) is 0 Å². The molecule has 0 heterocycles. The highest BCUT2D eigenvalue weighted by Crippen LogP contribution is 1.43. The molecule has 0 fully saturated rings. The van der Waals surface area contributed by atoms with Crippen molar-refractivity contribution in [2.75, 3.05) is 0 Å². The van der Waals surface area contributed by atoms with E-state index in [0.29, 0.717) is 0 Å². The first-order valence-electron chi connectivity index (χ1n) is 4.43. The molecule has 112 valence electrons. The summed E-state index contributed by atoms with van der Waals surface area (Å²) in [4.78, 5) is 36.0. The molecule has 0 radical (unpaired) electrons. The van der Waals surface area contributed by atoms with Gasteiger partial charge in [0.25, 0.3) is 23.9 Å². The molecular weight excluding hydrogens is 262 g/mol. The lowest BCUT2D eigenvalue weighted by Gasteiger charge is -1.59. The van der Waals surface area contributed by atoms with Crippen LogP contribution in [-0.4, -0.2) is 44.3 Å². The van der Waals surface area contributed by atoms with Gasteiger partial charge in [0, 0.05) is 34.6 Å². The zero-order valence-electron chi connectivity index (χ0n) is 11.4. The van der Waals surface area contributed by atoms with Gasteiger partial charge in [0.05, 0.1) is 6.07 Å². The molecule has 0 aromatic heterocycles. The highest BCUT2D eigenvalue weighted by atomic mass is 16.4. The highest BCUT2D eigenvalue weighted by molar-refractivity contribution is 5.63. The van der Waals surface area contributed by atoms with Crippen LogP contribution >= 0.6 is 0 Å². The minimum absolute atomic E-state index is 0.833. The first-order chi connectivity index (χ1) is 8.34. The molecule has 0 aliphatic carbocycles. The number of rotatable bonds is 0. The summed E-state index contributed by atoms with van der Waals surface area (Å²) in [7, 11) is 0. The van der Waals surface area contributed by atoms with Crippen LogP contribution in [0.1, 0.15) is 34.6 Å². The fraction of sp³-hybridized carbons (Fsp3) is 0.500. The molecule has 0 amide bonds. The molecule has 0 aromatic carbocycles. The smallest absolute Gasteiger partial charge is 0.300 e. The second kappa shape index (κ2) is 29.5. The number of carboxylic acids is 4. The lowest BCUT2D eigenvalue weighted by molar-refractivity contribution is -0.135. The molecule has 0 aliphatic heterocycles. The van der Waals surface area contributed by atoms with Gasteiger partial charge in [0.1, 0.15) is 0 Å². The lowest BCUT2D eigenvalue weighted by Crippen LogP contribution is -1.78. The van der Waals surface area contributed by atoms with Gasteiger partial charge in [-0.2, -0.15) is 5.26 Å². The fourth-order valence-electron chi connectivity index (χ4n) is 0.